The Hall–Kier alpha value is -0.330. The predicted molar refractivity (Wildman–Crippen MR) is 48.4 cm³/mol. The van der Waals surface area contributed by atoms with E-state index in [1.165, 1.54) is 4.90 Å². The molecule has 2 aliphatic heterocycles. The van der Waals surface area contributed by atoms with Crippen molar-refractivity contribution < 1.29 is 17.9 Å². The van der Waals surface area contributed by atoms with Gasteiger partial charge in [0.1, 0.15) is 12.3 Å². The number of nitrogens with one attached hydrogen (secondary N) is 1. The minimum Gasteiger partial charge on any atom is -0.363 e. The van der Waals surface area contributed by atoms with Gasteiger partial charge in [-0.25, -0.2) is 0 Å². The zero-order chi connectivity index (χ0) is 10.9. The molecule has 15 heavy (non-hydrogen) atoms. The van der Waals surface area contributed by atoms with Crippen LogP contribution in [0.2, 0.25) is 0 Å². The van der Waals surface area contributed by atoms with Crippen molar-refractivity contribution in [1.29, 1.82) is 0 Å². The molecule has 6 heteroatoms. The van der Waals surface area contributed by atoms with Crippen molar-refractivity contribution in [1.82, 2.24) is 10.2 Å². The molecule has 2 atom stereocenters. The Kier molecular flexibility index (Phi) is 3.18. The van der Waals surface area contributed by atoms with Gasteiger partial charge in [0.05, 0.1) is 0 Å². The quantitative estimate of drug-likeness (QED) is 0.718. The summed E-state index contributed by atoms with van der Waals surface area (Å²) in [6.45, 7) is 1.57. The molecule has 3 nitrogen and oxygen atoms in total. The van der Waals surface area contributed by atoms with Gasteiger partial charge in [-0.3, -0.25) is 4.90 Å². The van der Waals surface area contributed by atoms with Gasteiger partial charge in [-0.1, -0.05) is 0 Å². The molecule has 88 valence electrons. The van der Waals surface area contributed by atoms with Gasteiger partial charge in [-0.2, -0.15) is 13.2 Å². The van der Waals surface area contributed by atoms with Crippen LogP contribution in [0.1, 0.15) is 12.8 Å². The Labute approximate surface area is 86.6 Å². The topological polar surface area (TPSA) is 24.5 Å². The Morgan fingerprint density at radius 1 is 1.33 bits per heavy atom. The van der Waals surface area contributed by atoms with E-state index in [4.69, 9.17) is 4.74 Å². The number of hydrogen-bond donors (Lipinski definition) is 1. The molecular formula is C9H15F3N2O. The van der Waals surface area contributed by atoms with Crippen LogP contribution in [0, 0.1) is 0 Å². The minimum atomic E-state index is -4.17. The first-order valence-electron chi connectivity index (χ1n) is 5.24. The van der Waals surface area contributed by atoms with Crippen LogP contribution in [0.15, 0.2) is 0 Å². The molecule has 2 unspecified atom stereocenters. The third-order valence-electron chi connectivity index (χ3n) is 2.94. The molecule has 0 radical (unpaired) electrons. The van der Waals surface area contributed by atoms with Crippen LogP contribution < -0.4 is 5.32 Å². The van der Waals surface area contributed by atoms with Gasteiger partial charge in [-0.15, -0.1) is 0 Å². The lowest BCUT2D eigenvalue weighted by atomic mass is 10.1. The molecule has 2 saturated heterocycles. The fourth-order valence-corrected chi connectivity index (χ4v) is 2.19. The number of hydrogen-bond acceptors (Lipinski definition) is 3. The summed E-state index contributed by atoms with van der Waals surface area (Å²) in [6.07, 6.45) is -2.93. The zero-order valence-electron chi connectivity index (χ0n) is 8.39. The number of rotatable bonds is 1. The SMILES string of the molecule is FC(F)(F)C1CNCCN1C1CCCO1. The summed E-state index contributed by atoms with van der Waals surface area (Å²) in [4.78, 5) is 1.45. The maximum absolute atomic E-state index is 12.7. The molecular weight excluding hydrogens is 209 g/mol. The van der Waals surface area contributed by atoms with Crippen LogP contribution in [-0.4, -0.2) is 49.6 Å². The fraction of sp³-hybridized carbons (Fsp3) is 1.00. The first kappa shape index (κ1) is 11.2. The molecule has 2 fully saturated rings. The third kappa shape index (κ3) is 2.43. The Bertz CT molecular complexity index is 216. The van der Waals surface area contributed by atoms with Crippen LogP contribution >= 0.6 is 0 Å². The average molecular weight is 224 g/mol. The van der Waals surface area contributed by atoms with Crippen molar-refractivity contribution in [3.05, 3.63) is 0 Å². The summed E-state index contributed by atoms with van der Waals surface area (Å²) in [5.41, 5.74) is 0. The summed E-state index contributed by atoms with van der Waals surface area (Å²) < 4.78 is 43.4. The van der Waals surface area contributed by atoms with Crippen molar-refractivity contribution in [3.63, 3.8) is 0 Å². The summed E-state index contributed by atoms with van der Waals surface area (Å²) in [6, 6.07) is -1.39. The molecule has 2 heterocycles. The van der Waals surface area contributed by atoms with Crippen LogP contribution in [-0.2, 0) is 4.74 Å². The summed E-state index contributed by atoms with van der Waals surface area (Å²) >= 11 is 0. The summed E-state index contributed by atoms with van der Waals surface area (Å²) in [7, 11) is 0. The van der Waals surface area contributed by atoms with Gasteiger partial charge in [0.2, 0.25) is 0 Å². The lowest BCUT2D eigenvalue weighted by Gasteiger charge is -2.40. The first-order chi connectivity index (χ1) is 7.09. The molecule has 2 rings (SSSR count). The highest BCUT2D eigenvalue weighted by molar-refractivity contribution is 4.87. The van der Waals surface area contributed by atoms with E-state index in [2.05, 4.69) is 5.32 Å². The monoisotopic (exact) mass is 224 g/mol. The molecule has 0 aromatic heterocycles. The van der Waals surface area contributed by atoms with Gasteiger partial charge < -0.3 is 10.1 Å². The van der Waals surface area contributed by atoms with Gasteiger partial charge in [0.15, 0.2) is 0 Å². The second-order valence-electron chi connectivity index (χ2n) is 3.97. The van der Waals surface area contributed by atoms with Crippen LogP contribution in [0.5, 0.6) is 0 Å². The van der Waals surface area contributed by atoms with E-state index < -0.39 is 12.2 Å². The molecule has 0 amide bonds. The van der Waals surface area contributed by atoms with Gasteiger partial charge in [0, 0.05) is 26.2 Å². The predicted octanol–water partition coefficient (Wildman–Crippen LogP) is 0.959. The average Bonchev–Trinajstić information content (AvgIpc) is 2.69. The molecule has 1 N–H and O–H groups in total. The molecule has 0 aromatic carbocycles. The van der Waals surface area contributed by atoms with Crippen molar-refractivity contribution in [2.24, 2.45) is 0 Å². The van der Waals surface area contributed by atoms with E-state index in [1.54, 1.807) is 0 Å². The van der Waals surface area contributed by atoms with E-state index >= 15 is 0 Å². The molecule has 2 aliphatic rings. The highest BCUT2D eigenvalue weighted by atomic mass is 19.4. The Morgan fingerprint density at radius 2 is 2.13 bits per heavy atom. The molecule has 0 aliphatic carbocycles. The van der Waals surface area contributed by atoms with E-state index in [1.807, 2.05) is 0 Å². The van der Waals surface area contributed by atoms with Gasteiger partial charge in [-0.05, 0) is 12.8 Å². The maximum atomic E-state index is 12.7. The number of alkyl halides is 3. The van der Waals surface area contributed by atoms with Gasteiger partial charge >= 0.3 is 6.18 Å². The molecule has 0 spiro atoms. The molecule has 0 aromatic rings. The van der Waals surface area contributed by atoms with Crippen LogP contribution in [0.25, 0.3) is 0 Å². The van der Waals surface area contributed by atoms with Crippen LogP contribution in [0.3, 0.4) is 0 Å². The highest BCUT2D eigenvalue weighted by Crippen LogP contribution is 2.29. The van der Waals surface area contributed by atoms with Crippen LogP contribution in [0.4, 0.5) is 13.2 Å². The summed E-state index contributed by atoms with van der Waals surface area (Å²) in [5, 5.41) is 2.78. The second-order valence-corrected chi connectivity index (χ2v) is 3.97. The number of ether oxygens (including phenoxy) is 1. The van der Waals surface area contributed by atoms with E-state index in [0.717, 1.165) is 6.42 Å². The number of halogens is 3. The lowest BCUT2D eigenvalue weighted by Crippen LogP contribution is -2.60. The number of piperazine rings is 1. The van der Waals surface area contributed by atoms with Crippen molar-refractivity contribution in [3.8, 4) is 0 Å². The van der Waals surface area contributed by atoms with E-state index in [0.29, 0.717) is 26.1 Å². The maximum Gasteiger partial charge on any atom is 0.405 e. The Balaban J connectivity index is 2.05. The standard InChI is InChI=1S/C9H15F3N2O/c10-9(11,12)7-6-13-3-4-14(7)8-2-1-5-15-8/h7-8,13H,1-6H2. The molecule has 0 bridgehead atoms. The second kappa shape index (κ2) is 4.27. The van der Waals surface area contributed by atoms with E-state index in [-0.39, 0.29) is 12.8 Å². The largest absolute Gasteiger partial charge is 0.405 e. The summed E-state index contributed by atoms with van der Waals surface area (Å²) in [5.74, 6) is 0. The normalized spacial score (nSPS) is 34.6. The lowest BCUT2D eigenvalue weighted by molar-refractivity contribution is -0.210. The smallest absolute Gasteiger partial charge is 0.363 e. The van der Waals surface area contributed by atoms with Crippen molar-refractivity contribution in [2.75, 3.05) is 26.2 Å². The first-order valence-corrected chi connectivity index (χ1v) is 5.24. The van der Waals surface area contributed by atoms with Crippen molar-refractivity contribution >= 4 is 0 Å². The number of nitrogens with zero attached hydrogens (tertiary/aromatic N) is 1. The Morgan fingerprint density at radius 3 is 2.73 bits per heavy atom. The fourth-order valence-electron chi connectivity index (χ4n) is 2.19. The highest BCUT2D eigenvalue weighted by Gasteiger charge is 2.47. The third-order valence-corrected chi connectivity index (χ3v) is 2.94. The van der Waals surface area contributed by atoms with Gasteiger partial charge in [0.25, 0.3) is 0 Å². The minimum absolute atomic E-state index is 0.0244. The van der Waals surface area contributed by atoms with E-state index in [9.17, 15) is 13.2 Å². The zero-order valence-corrected chi connectivity index (χ0v) is 8.39. The molecule has 0 saturated carbocycles. The van der Waals surface area contributed by atoms with Crippen molar-refractivity contribution in [2.45, 2.75) is 31.3 Å².